The van der Waals surface area contributed by atoms with Crippen LogP contribution in [0.2, 0.25) is 0 Å². The Labute approximate surface area is 200 Å². The van der Waals surface area contributed by atoms with Crippen molar-refractivity contribution in [1.29, 1.82) is 0 Å². The summed E-state index contributed by atoms with van der Waals surface area (Å²) in [5, 5.41) is 13.1. The van der Waals surface area contributed by atoms with E-state index in [-0.39, 0.29) is 11.1 Å². The van der Waals surface area contributed by atoms with Crippen molar-refractivity contribution in [3.05, 3.63) is 76.6 Å². The molecule has 1 amide bonds. The predicted molar refractivity (Wildman–Crippen MR) is 127 cm³/mol. The van der Waals surface area contributed by atoms with E-state index in [1.165, 1.54) is 46.7 Å². The number of thiazole rings is 1. The number of carbonyl (C=O) groups is 2. The molecule has 0 bridgehead atoms. The van der Waals surface area contributed by atoms with Gasteiger partial charge in [0.2, 0.25) is 0 Å². The number of ether oxygens (including phenoxy) is 2. The molecule has 1 atom stereocenters. The van der Waals surface area contributed by atoms with E-state index in [2.05, 4.69) is 4.98 Å². The van der Waals surface area contributed by atoms with Crippen molar-refractivity contribution in [3.8, 4) is 11.5 Å². The van der Waals surface area contributed by atoms with Crippen LogP contribution in [0.4, 0.5) is 9.52 Å². The van der Waals surface area contributed by atoms with Gasteiger partial charge in [-0.3, -0.25) is 14.5 Å². The molecule has 176 valence electrons. The Balaban J connectivity index is 1.89. The molecule has 0 radical (unpaired) electrons. The number of Topliss-reactive ketones (excluding diaryl/α,β-unsaturated/α-hetero) is 1. The molecule has 0 spiro atoms. The molecule has 7 nitrogen and oxygen atoms in total. The average molecular weight is 483 g/mol. The lowest BCUT2D eigenvalue weighted by atomic mass is 9.95. The van der Waals surface area contributed by atoms with Crippen LogP contribution in [0.5, 0.6) is 11.5 Å². The van der Waals surface area contributed by atoms with E-state index < -0.39 is 29.3 Å². The Morgan fingerprint density at radius 1 is 1.12 bits per heavy atom. The van der Waals surface area contributed by atoms with Gasteiger partial charge >= 0.3 is 5.91 Å². The van der Waals surface area contributed by atoms with Gasteiger partial charge in [-0.15, -0.1) is 11.3 Å². The Bertz CT molecular complexity index is 1220. The van der Waals surface area contributed by atoms with Crippen molar-refractivity contribution in [2.24, 2.45) is 0 Å². The lowest BCUT2D eigenvalue weighted by Gasteiger charge is -2.24. The van der Waals surface area contributed by atoms with Crippen LogP contribution in [-0.4, -0.2) is 35.0 Å². The van der Waals surface area contributed by atoms with Gasteiger partial charge in [0, 0.05) is 17.1 Å². The summed E-state index contributed by atoms with van der Waals surface area (Å²) in [6.07, 6.45) is 2.35. The fourth-order valence-electron chi connectivity index (χ4n) is 3.74. The van der Waals surface area contributed by atoms with Gasteiger partial charge in [-0.05, 0) is 55.3 Å². The summed E-state index contributed by atoms with van der Waals surface area (Å²) in [6, 6.07) is 9.23. The van der Waals surface area contributed by atoms with Crippen LogP contribution in [0.1, 0.15) is 37.4 Å². The van der Waals surface area contributed by atoms with E-state index in [9.17, 15) is 19.1 Å². The van der Waals surface area contributed by atoms with E-state index in [4.69, 9.17) is 9.47 Å². The van der Waals surface area contributed by atoms with Crippen LogP contribution in [0.15, 0.2) is 59.6 Å². The Morgan fingerprint density at radius 2 is 1.88 bits per heavy atom. The van der Waals surface area contributed by atoms with E-state index in [1.807, 2.05) is 13.8 Å². The molecule has 1 fully saturated rings. The summed E-state index contributed by atoms with van der Waals surface area (Å²) in [4.78, 5) is 31.7. The first-order valence-corrected chi connectivity index (χ1v) is 11.7. The second-order valence-electron chi connectivity index (χ2n) is 7.48. The normalized spacial score (nSPS) is 17.3. The van der Waals surface area contributed by atoms with Gasteiger partial charge < -0.3 is 14.6 Å². The Kier molecular flexibility index (Phi) is 6.93. The first-order valence-electron chi connectivity index (χ1n) is 10.8. The quantitative estimate of drug-likeness (QED) is 0.273. The van der Waals surface area contributed by atoms with E-state index in [0.717, 1.165) is 6.42 Å². The molecule has 4 rings (SSSR count). The number of amides is 1. The zero-order valence-electron chi connectivity index (χ0n) is 18.7. The van der Waals surface area contributed by atoms with E-state index in [1.54, 1.807) is 23.6 Å². The number of benzene rings is 2. The van der Waals surface area contributed by atoms with Crippen molar-refractivity contribution in [2.45, 2.75) is 26.3 Å². The minimum Gasteiger partial charge on any atom is -0.507 e. The smallest absolute Gasteiger partial charge is 0.301 e. The first-order chi connectivity index (χ1) is 16.5. The largest absolute Gasteiger partial charge is 0.507 e. The molecular weight excluding hydrogens is 459 g/mol. The number of aromatic nitrogens is 1. The summed E-state index contributed by atoms with van der Waals surface area (Å²) >= 11 is 1.20. The molecule has 3 aromatic rings. The number of hydrogen-bond acceptors (Lipinski definition) is 7. The Hall–Kier alpha value is -3.72. The summed E-state index contributed by atoms with van der Waals surface area (Å²) < 4.78 is 25.0. The second-order valence-corrected chi connectivity index (χ2v) is 8.35. The van der Waals surface area contributed by atoms with Crippen molar-refractivity contribution in [3.63, 3.8) is 0 Å². The molecular formula is C25H23FN2O5S. The van der Waals surface area contributed by atoms with Crippen molar-refractivity contribution in [2.75, 3.05) is 18.1 Å². The number of rotatable bonds is 8. The number of hydrogen-bond donors (Lipinski definition) is 1. The summed E-state index contributed by atoms with van der Waals surface area (Å²) in [5.74, 6) is -1.55. The molecule has 2 aromatic carbocycles. The van der Waals surface area contributed by atoms with Crippen LogP contribution < -0.4 is 14.4 Å². The zero-order valence-corrected chi connectivity index (χ0v) is 19.5. The number of aliphatic hydroxyl groups is 1. The number of ketones is 1. The van der Waals surface area contributed by atoms with Crippen LogP contribution in [0, 0.1) is 5.82 Å². The maximum Gasteiger partial charge on any atom is 0.301 e. The minimum atomic E-state index is -0.962. The third-order valence-electron chi connectivity index (χ3n) is 5.23. The molecule has 9 heteroatoms. The lowest BCUT2D eigenvalue weighted by molar-refractivity contribution is -0.132. The molecule has 1 saturated heterocycles. The van der Waals surface area contributed by atoms with Gasteiger partial charge in [0.15, 0.2) is 16.6 Å². The van der Waals surface area contributed by atoms with E-state index >= 15 is 0 Å². The van der Waals surface area contributed by atoms with Gasteiger partial charge in [0.1, 0.15) is 11.6 Å². The number of halogens is 1. The fraction of sp³-hybridized carbons (Fsp3) is 0.240. The molecule has 2 heterocycles. The fourth-order valence-corrected chi connectivity index (χ4v) is 4.40. The van der Waals surface area contributed by atoms with Gasteiger partial charge in [-0.1, -0.05) is 13.0 Å². The zero-order chi connectivity index (χ0) is 24.2. The molecule has 1 aliphatic rings. The number of anilines is 1. The molecule has 34 heavy (non-hydrogen) atoms. The van der Waals surface area contributed by atoms with Gasteiger partial charge in [-0.25, -0.2) is 9.37 Å². The molecule has 0 aliphatic carbocycles. The van der Waals surface area contributed by atoms with Crippen LogP contribution >= 0.6 is 11.3 Å². The SMILES string of the molecule is CCCOc1ccc(C2/C(=C(\O)c3ccc(F)cc3)C(=O)C(=O)N2c2nccs2)cc1OCC. The molecule has 0 saturated carbocycles. The van der Waals surface area contributed by atoms with Crippen molar-refractivity contribution in [1.82, 2.24) is 4.98 Å². The highest BCUT2D eigenvalue weighted by atomic mass is 32.1. The third-order valence-corrected chi connectivity index (χ3v) is 6.00. The van der Waals surface area contributed by atoms with Crippen LogP contribution in [0.3, 0.4) is 0 Å². The number of nitrogens with zero attached hydrogens (tertiary/aromatic N) is 2. The van der Waals surface area contributed by atoms with Gasteiger partial charge in [-0.2, -0.15) is 0 Å². The summed E-state index contributed by atoms with van der Waals surface area (Å²) in [5.41, 5.74) is 0.637. The highest BCUT2D eigenvalue weighted by molar-refractivity contribution is 7.14. The van der Waals surface area contributed by atoms with Crippen LogP contribution in [-0.2, 0) is 9.59 Å². The standard InChI is InChI=1S/C25H23FN2O5S/c1-3-12-33-18-10-7-16(14-19(18)32-4-2)21-20(22(29)15-5-8-17(26)9-6-15)23(30)24(31)28(21)25-27-11-13-34-25/h5-11,13-14,21,29H,3-4,12H2,1-2H3/b22-20+. The van der Waals surface area contributed by atoms with Crippen LogP contribution in [0.25, 0.3) is 5.76 Å². The maximum absolute atomic E-state index is 13.4. The highest BCUT2D eigenvalue weighted by Crippen LogP contribution is 2.44. The monoisotopic (exact) mass is 482 g/mol. The summed E-state index contributed by atoms with van der Waals surface area (Å²) in [7, 11) is 0. The van der Waals surface area contributed by atoms with E-state index in [0.29, 0.717) is 35.4 Å². The second kappa shape index (κ2) is 10.0. The van der Waals surface area contributed by atoms with Crippen molar-refractivity contribution < 1.29 is 28.6 Å². The minimum absolute atomic E-state index is 0.114. The van der Waals surface area contributed by atoms with Gasteiger partial charge in [0.25, 0.3) is 5.78 Å². The number of aliphatic hydroxyl groups excluding tert-OH is 1. The molecule has 1 N–H and O–H groups in total. The maximum atomic E-state index is 13.4. The average Bonchev–Trinajstić information content (AvgIpc) is 3.45. The molecule has 1 aromatic heterocycles. The van der Waals surface area contributed by atoms with Crippen molar-refractivity contribution >= 4 is 33.9 Å². The Morgan fingerprint density at radius 3 is 2.53 bits per heavy atom. The number of carbonyl (C=O) groups excluding carboxylic acids is 2. The van der Waals surface area contributed by atoms with Gasteiger partial charge in [0.05, 0.1) is 24.8 Å². The predicted octanol–water partition coefficient (Wildman–Crippen LogP) is 5.10. The lowest BCUT2D eigenvalue weighted by Crippen LogP contribution is -2.29. The topological polar surface area (TPSA) is 89.0 Å². The highest BCUT2D eigenvalue weighted by Gasteiger charge is 2.48. The molecule has 1 unspecified atom stereocenters. The first kappa shape index (κ1) is 23.4. The third kappa shape index (κ3) is 4.38. The molecule has 1 aliphatic heterocycles. The summed E-state index contributed by atoms with van der Waals surface area (Å²) in [6.45, 7) is 4.72.